The van der Waals surface area contributed by atoms with Crippen molar-refractivity contribution in [2.75, 3.05) is 11.9 Å². The number of nitrogens with one attached hydrogen (secondary N) is 1. The first-order chi connectivity index (χ1) is 7.76. The van der Waals surface area contributed by atoms with Crippen LogP contribution in [0.4, 0.5) is 10.1 Å². The first-order valence-corrected chi connectivity index (χ1v) is 6.42. The number of hydrogen-bond donors (Lipinski definition) is 1. The van der Waals surface area contributed by atoms with Gasteiger partial charge in [-0.2, -0.15) is 0 Å². The third kappa shape index (κ3) is 1.90. The van der Waals surface area contributed by atoms with Crippen molar-refractivity contribution < 1.29 is 4.92 Å². The second kappa shape index (κ2) is 3.66. The molecule has 0 radical (unpaired) electrons. The number of rotatable bonds is 4. The van der Waals surface area contributed by atoms with Crippen molar-refractivity contribution in [3.8, 4) is 0 Å². The Bertz CT molecular complexity index is 439. The third-order valence-electron chi connectivity index (χ3n) is 4.45. The molecule has 1 saturated carbocycles. The average molecular weight is 255 g/mol. The Hall–Kier alpha value is -1.17. The standard InChI is InChI=1S/C11H17N3O2S/c1-10(2)7(11(10,3)4)5-12-9-13-6-8(17-9)14(15)16/h6-7H,5H2,1-4H3,(H,12,13). The molecule has 17 heavy (non-hydrogen) atoms. The average Bonchev–Trinajstić information content (AvgIpc) is 2.58. The monoisotopic (exact) mass is 255 g/mol. The fourth-order valence-electron chi connectivity index (χ4n) is 2.46. The summed E-state index contributed by atoms with van der Waals surface area (Å²) in [4.78, 5) is 14.1. The Morgan fingerprint density at radius 1 is 1.47 bits per heavy atom. The van der Waals surface area contributed by atoms with Crippen LogP contribution in [-0.2, 0) is 0 Å². The lowest BCUT2D eigenvalue weighted by atomic mass is 10.0. The number of nitro groups is 1. The molecule has 1 N–H and O–H groups in total. The molecule has 1 aliphatic rings. The number of hydrogen-bond acceptors (Lipinski definition) is 5. The van der Waals surface area contributed by atoms with Crippen LogP contribution in [0.5, 0.6) is 0 Å². The molecule has 0 unspecified atom stereocenters. The van der Waals surface area contributed by atoms with Crippen molar-refractivity contribution in [2.45, 2.75) is 27.7 Å². The van der Waals surface area contributed by atoms with Gasteiger partial charge < -0.3 is 5.32 Å². The van der Waals surface area contributed by atoms with Crippen LogP contribution in [0.2, 0.25) is 0 Å². The molecule has 1 heterocycles. The molecule has 1 aromatic rings. The lowest BCUT2D eigenvalue weighted by Gasteiger charge is -2.04. The molecule has 5 nitrogen and oxygen atoms in total. The Morgan fingerprint density at radius 3 is 2.47 bits per heavy atom. The smallest absolute Gasteiger partial charge is 0.345 e. The van der Waals surface area contributed by atoms with E-state index in [4.69, 9.17) is 0 Å². The minimum Gasteiger partial charge on any atom is -0.361 e. The maximum atomic E-state index is 10.5. The molecule has 0 spiro atoms. The van der Waals surface area contributed by atoms with Crippen molar-refractivity contribution in [3.05, 3.63) is 16.3 Å². The summed E-state index contributed by atoms with van der Waals surface area (Å²) in [5.41, 5.74) is 0.645. The summed E-state index contributed by atoms with van der Waals surface area (Å²) in [7, 11) is 0. The van der Waals surface area contributed by atoms with Gasteiger partial charge in [0.1, 0.15) is 6.20 Å². The highest BCUT2D eigenvalue weighted by Crippen LogP contribution is 2.68. The minimum atomic E-state index is -0.409. The van der Waals surface area contributed by atoms with Gasteiger partial charge in [0.15, 0.2) is 5.13 Å². The number of nitrogens with zero attached hydrogens (tertiary/aromatic N) is 2. The third-order valence-corrected chi connectivity index (χ3v) is 5.36. The molecule has 0 amide bonds. The predicted octanol–water partition coefficient (Wildman–Crippen LogP) is 3.15. The predicted molar refractivity (Wildman–Crippen MR) is 68.3 cm³/mol. The van der Waals surface area contributed by atoms with Crippen LogP contribution in [0.3, 0.4) is 0 Å². The quantitative estimate of drug-likeness (QED) is 0.663. The Kier molecular flexibility index (Phi) is 2.65. The zero-order valence-corrected chi connectivity index (χ0v) is 11.3. The normalized spacial score (nSPS) is 21.2. The van der Waals surface area contributed by atoms with Gasteiger partial charge in [-0.05, 0) is 28.1 Å². The summed E-state index contributed by atoms with van der Waals surface area (Å²) < 4.78 is 0. The molecule has 1 aromatic heterocycles. The number of thiazole rings is 1. The molecular weight excluding hydrogens is 238 g/mol. The maximum Gasteiger partial charge on any atom is 0.345 e. The molecule has 0 bridgehead atoms. The Morgan fingerprint density at radius 2 is 2.06 bits per heavy atom. The lowest BCUT2D eigenvalue weighted by Crippen LogP contribution is -2.07. The minimum absolute atomic E-state index is 0.0850. The van der Waals surface area contributed by atoms with Crippen molar-refractivity contribution in [1.29, 1.82) is 0 Å². The number of aromatic nitrogens is 1. The number of anilines is 1. The Balaban J connectivity index is 1.93. The summed E-state index contributed by atoms with van der Waals surface area (Å²) >= 11 is 1.09. The van der Waals surface area contributed by atoms with Gasteiger partial charge in [0, 0.05) is 6.54 Å². The van der Waals surface area contributed by atoms with E-state index >= 15 is 0 Å². The van der Waals surface area contributed by atoms with Gasteiger partial charge in [-0.15, -0.1) is 0 Å². The van der Waals surface area contributed by atoms with Crippen molar-refractivity contribution in [1.82, 2.24) is 4.98 Å². The SMILES string of the molecule is CC1(C)C(CNc2ncc([N+](=O)[O-])s2)C1(C)C. The first-order valence-electron chi connectivity index (χ1n) is 5.61. The molecule has 6 heteroatoms. The highest BCUT2D eigenvalue weighted by molar-refractivity contribution is 7.18. The molecule has 0 aliphatic heterocycles. The van der Waals surface area contributed by atoms with Gasteiger partial charge in [-0.3, -0.25) is 10.1 Å². The van der Waals surface area contributed by atoms with Crippen LogP contribution < -0.4 is 5.32 Å². The van der Waals surface area contributed by atoms with E-state index in [1.54, 1.807) is 0 Å². The van der Waals surface area contributed by atoms with Crippen LogP contribution in [0.25, 0.3) is 0 Å². The van der Waals surface area contributed by atoms with E-state index in [9.17, 15) is 10.1 Å². The van der Waals surface area contributed by atoms with Gasteiger partial charge in [-0.25, -0.2) is 4.98 Å². The van der Waals surface area contributed by atoms with E-state index in [-0.39, 0.29) is 5.00 Å². The summed E-state index contributed by atoms with van der Waals surface area (Å²) in [6, 6.07) is 0. The van der Waals surface area contributed by atoms with Crippen molar-refractivity contribution in [3.63, 3.8) is 0 Å². The van der Waals surface area contributed by atoms with Crippen LogP contribution in [0, 0.1) is 26.9 Å². The Labute approximate surface area is 104 Å². The van der Waals surface area contributed by atoms with Crippen LogP contribution in [0.15, 0.2) is 6.20 Å². The zero-order chi connectivity index (χ0) is 12.8. The van der Waals surface area contributed by atoms with E-state index in [2.05, 4.69) is 38.0 Å². The van der Waals surface area contributed by atoms with Gasteiger partial charge in [0.05, 0.1) is 4.92 Å². The molecule has 0 saturated heterocycles. The fraction of sp³-hybridized carbons (Fsp3) is 0.727. The largest absolute Gasteiger partial charge is 0.361 e. The highest BCUT2D eigenvalue weighted by Gasteiger charge is 2.64. The lowest BCUT2D eigenvalue weighted by molar-refractivity contribution is -0.380. The van der Waals surface area contributed by atoms with Crippen LogP contribution in [-0.4, -0.2) is 16.5 Å². The van der Waals surface area contributed by atoms with Gasteiger partial charge >= 0.3 is 5.00 Å². The zero-order valence-electron chi connectivity index (χ0n) is 10.5. The van der Waals surface area contributed by atoms with Gasteiger partial charge in [-0.1, -0.05) is 27.7 Å². The summed E-state index contributed by atoms with van der Waals surface area (Å²) in [5, 5.41) is 14.4. The summed E-state index contributed by atoms with van der Waals surface area (Å²) in [6.45, 7) is 9.84. The molecule has 1 fully saturated rings. The first kappa shape index (κ1) is 12.3. The topological polar surface area (TPSA) is 68.1 Å². The molecular formula is C11H17N3O2S. The van der Waals surface area contributed by atoms with Crippen LogP contribution in [0.1, 0.15) is 27.7 Å². The molecule has 0 atom stereocenters. The van der Waals surface area contributed by atoms with Crippen molar-refractivity contribution >= 4 is 21.5 Å². The maximum absolute atomic E-state index is 10.5. The van der Waals surface area contributed by atoms with E-state index in [1.807, 2.05) is 0 Å². The summed E-state index contributed by atoms with van der Waals surface area (Å²) in [5.74, 6) is 0.581. The van der Waals surface area contributed by atoms with E-state index < -0.39 is 4.92 Å². The van der Waals surface area contributed by atoms with Crippen molar-refractivity contribution in [2.24, 2.45) is 16.7 Å². The van der Waals surface area contributed by atoms with Crippen LogP contribution >= 0.6 is 11.3 Å². The molecule has 1 aliphatic carbocycles. The van der Waals surface area contributed by atoms with E-state index in [0.29, 0.717) is 21.9 Å². The molecule has 2 rings (SSSR count). The molecule has 94 valence electrons. The van der Waals surface area contributed by atoms with Gasteiger partial charge in [0.25, 0.3) is 0 Å². The van der Waals surface area contributed by atoms with E-state index in [1.165, 1.54) is 6.20 Å². The highest BCUT2D eigenvalue weighted by atomic mass is 32.1. The van der Waals surface area contributed by atoms with E-state index in [0.717, 1.165) is 17.9 Å². The molecule has 0 aromatic carbocycles. The van der Waals surface area contributed by atoms with Gasteiger partial charge in [0.2, 0.25) is 0 Å². The fourth-order valence-corrected chi connectivity index (χ4v) is 3.10. The summed E-state index contributed by atoms with van der Waals surface area (Å²) in [6.07, 6.45) is 1.30. The second-order valence-electron chi connectivity index (χ2n) is 5.64. The second-order valence-corrected chi connectivity index (χ2v) is 6.65.